The third-order valence-corrected chi connectivity index (χ3v) is 3.75. The molecule has 0 radical (unpaired) electrons. The van der Waals surface area contributed by atoms with Crippen LogP contribution in [0.5, 0.6) is 0 Å². The van der Waals surface area contributed by atoms with Crippen molar-refractivity contribution < 1.29 is 13.2 Å². The normalized spacial score (nSPS) is 15.4. The van der Waals surface area contributed by atoms with Crippen LogP contribution in [0.2, 0.25) is 0 Å². The summed E-state index contributed by atoms with van der Waals surface area (Å²) in [5.74, 6) is 0. The summed E-state index contributed by atoms with van der Waals surface area (Å²) in [6.45, 7) is 0.455. The molecular formula is C14H13BrF3N3. The molecule has 21 heavy (non-hydrogen) atoms. The Kier molecular flexibility index (Phi) is 3.79. The second-order valence-corrected chi connectivity index (χ2v) is 6.02. The van der Waals surface area contributed by atoms with Gasteiger partial charge < -0.3 is 5.32 Å². The molecule has 1 aliphatic rings. The molecule has 3 rings (SSSR count). The summed E-state index contributed by atoms with van der Waals surface area (Å²) in [7, 11) is 0. The van der Waals surface area contributed by atoms with E-state index in [1.165, 1.54) is 29.2 Å². The van der Waals surface area contributed by atoms with Crippen LogP contribution in [0.25, 0.3) is 5.69 Å². The molecule has 1 aromatic carbocycles. The Morgan fingerprint density at radius 2 is 2.10 bits per heavy atom. The Labute approximate surface area is 128 Å². The number of hydrogen-bond acceptors (Lipinski definition) is 2. The summed E-state index contributed by atoms with van der Waals surface area (Å²) < 4.78 is 41.6. The number of alkyl halides is 3. The van der Waals surface area contributed by atoms with Crippen molar-refractivity contribution in [1.82, 2.24) is 15.1 Å². The smallest absolute Gasteiger partial charge is 0.310 e. The first-order chi connectivity index (χ1) is 9.93. The fourth-order valence-corrected chi connectivity index (χ4v) is 2.39. The van der Waals surface area contributed by atoms with Crippen molar-refractivity contribution in [3.63, 3.8) is 0 Å². The van der Waals surface area contributed by atoms with Crippen LogP contribution in [0, 0.1) is 0 Å². The van der Waals surface area contributed by atoms with E-state index in [0.717, 1.165) is 12.8 Å². The number of halogens is 4. The van der Waals surface area contributed by atoms with Gasteiger partial charge in [0, 0.05) is 18.8 Å². The molecule has 1 aliphatic carbocycles. The maximum Gasteiger partial charge on any atom is 0.418 e. The van der Waals surface area contributed by atoms with Crippen LogP contribution in [0.4, 0.5) is 13.2 Å². The highest BCUT2D eigenvalue weighted by Gasteiger charge is 2.34. The Bertz CT molecular complexity index is 647. The summed E-state index contributed by atoms with van der Waals surface area (Å²) in [5, 5.41) is 7.15. The summed E-state index contributed by atoms with van der Waals surface area (Å²) in [6.07, 6.45) is 0.760. The summed E-state index contributed by atoms with van der Waals surface area (Å²) in [5.41, 5.74) is -0.0132. The van der Waals surface area contributed by atoms with Gasteiger partial charge in [-0.1, -0.05) is 6.07 Å². The van der Waals surface area contributed by atoms with Crippen molar-refractivity contribution in [3.8, 4) is 5.69 Å². The highest BCUT2D eigenvalue weighted by Crippen LogP contribution is 2.34. The lowest BCUT2D eigenvalue weighted by molar-refractivity contribution is -0.137. The highest BCUT2D eigenvalue weighted by atomic mass is 79.9. The minimum absolute atomic E-state index is 0.0309. The van der Waals surface area contributed by atoms with E-state index in [2.05, 4.69) is 26.3 Å². The van der Waals surface area contributed by atoms with Gasteiger partial charge in [0.05, 0.1) is 21.9 Å². The van der Waals surface area contributed by atoms with Gasteiger partial charge in [0.2, 0.25) is 0 Å². The molecule has 1 N–H and O–H groups in total. The molecule has 0 unspecified atom stereocenters. The van der Waals surface area contributed by atoms with Crippen LogP contribution in [-0.2, 0) is 12.7 Å². The molecule has 1 fully saturated rings. The minimum Gasteiger partial charge on any atom is -0.310 e. The molecule has 1 heterocycles. The largest absolute Gasteiger partial charge is 0.418 e. The quantitative estimate of drug-likeness (QED) is 0.896. The van der Waals surface area contributed by atoms with Gasteiger partial charge in [0.25, 0.3) is 0 Å². The van der Waals surface area contributed by atoms with Gasteiger partial charge in [-0.05, 0) is 46.5 Å². The predicted octanol–water partition coefficient (Wildman–Crippen LogP) is 3.91. The Morgan fingerprint density at radius 3 is 2.67 bits per heavy atom. The van der Waals surface area contributed by atoms with Crippen LogP contribution in [-0.4, -0.2) is 15.8 Å². The Morgan fingerprint density at radius 1 is 1.33 bits per heavy atom. The molecule has 0 aliphatic heterocycles. The van der Waals surface area contributed by atoms with E-state index in [1.54, 1.807) is 6.07 Å². The first-order valence-corrected chi connectivity index (χ1v) is 7.37. The number of rotatable bonds is 4. The average Bonchev–Trinajstić information content (AvgIpc) is 3.16. The fourth-order valence-electron chi connectivity index (χ4n) is 2.10. The molecule has 0 bridgehead atoms. The highest BCUT2D eigenvalue weighted by molar-refractivity contribution is 9.10. The number of nitrogens with zero attached hydrogens (tertiary/aromatic N) is 2. The molecule has 0 atom stereocenters. The Balaban J connectivity index is 1.94. The second kappa shape index (κ2) is 5.46. The van der Waals surface area contributed by atoms with E-state index in [1.807, 2.05) is 0 Å². The van der Waals surface area contributed by atoms with Gasteiger partial charge in [0.1, 0.15) is 0 Å². The van der Waals surface area contributed by atoms with Gasteiger partial charge in [-0.2, -0.15) is 18.3 Å². The van der Waals surface area contributed by atoms with E-state index in [4.69, 9.17) is 0 Å². The van der Waals surface area contributed by atoms with Crippen molar-refractivity contribution in [2.75, 3.05) is 0 Å². The van der Waals surface area contributed by atoms with E-state index in [0.29, 0.717) is 22.6 Å². The third kappa shape index (κ3) is 3.47. The fraction of sp³-hybridized carbons (Fsp3) is 0.357. The second-order valence-electron chi connectivity index (χ2n) is 5.11. The van der Waals surface area contributed by atoms with E-state index >= 15 is 0 Å². The van der Waals surface area contributed by atoms with Crippen molar-refractivity contribution >= 4 is 15.9 Å². The zero-order valence-electron chi connectivity index (χ0n) is 11.0. The van der Waals surface area contributed by atoms with Crippen molar-refractivity contribution in [2.45, 2.75) is 31.6 Å². The summed E-state index contributed by atoms with van der Waals surface area (Å²) in [6, 6.07) is 4.82. The maximum absolute atomic E-state index is 13.3. The van der Waals surface area contributed by atoms with Gasteiger partial charge in [-0.3, -0.25) is 0 Å². The monoisotopic (exact) mass is 359 g/mol. The van der Waals surface area contributed by atoms with E-state index in [9.17, 15) is 13.2 Å². The topological polar surface area (TPSA) is 29.9 Å². The molecule has 1 saturated carbocycles. The lowest BCUT2D eigenvalue weighted by Crippen LogP contribution is -2.17. The van der Waals surface area contributed by atoms with Crippen LogP contribution < -0.4 is 5.32 Å². The average molecular weight is 360 g/mol. The van der Waals surface area contributed by atoms with Crippen LogP contribution in [0.1, 0.15) is 24.0 Å². The molecule has 0 saturated heterocycles. The summed E-state index contributed by atoms with van der Waals surface area (Å²) in [4.78, 5) is 0. The van der Waals surface area contributed by atoms with Gasteiger partial charge in [-0.25, -0.2) is 4.68 Å². The van der Waals surface area contributed by atoms with Gasteiger partial charge in [0.15, 0.2) is 0 Å². The zero-order chi connectivity index (χ0) is 15.0. The van der Waals surface area contributed by atoms with Crippen LogP contribution in [0.3, 0.4) is 0 Å². The number of nitrogens with one attached hydrogen (secondary N) is 1. The standard InChI is InChI=1S/C14H13BrF3N3/c15-10-7-20-21(8-10)13-4-1-9(6-19-11-2-3-11)5-12(13)14(16,17)18/h1,4-5,7-8,11,19H,2-3,6H2. The van der Waals surface area contributed by atoms with E-state index in [-0.39, 0.29) is 5.69 Å². The SMILES string of the molecule is FC(F)(F)c1cc(CNC2CC2)ccc1-n1cc(Br)cn1. The van der Waals surface area contributed by atoms with Crippen LogP contribution in [0.15, 0.2) is 35.1 Å². The van der Waals surface area contributed by atoms with Gasteiger partial charge >= 0.3 is 6.18 Å². The van der Waals surface area contributed by atoms with Crippen molar-refractivity contribution in [1.29, 1.82) is 0 Å². The van der Waals surface area contributed by atoms with Crippen LogP contribution >= 0.6 is 15.9 Å². The number of benzene rings is 1. The minimum atomic E-state index is -4.41. The first kappa shape index (κ1) is 14.6. The molecule has 0 amide bonds. The third-order valence-electron chi connectivity index (χ3n) is 3.34. The molecule has 112 valence electrons. The summed E-state index contributed by atoms with van der Waals surface area (Å²) >= 11 is 3.19. The first-order valence-electron chi connectivity index (χ1n) is 6.57. The number of aromatic nitrogens is 2. The predicted molar refractivity (Wildman–Crippen MR) is 76.1 cm³/mol. The van der Waals surface area contributed by atoms with Crippen molar-refractivity contribution in [3.05, 3.63) is 46.2 Å². The lowest BCUT2D eigenvalue weighted by Gasteiger charge is -2.15. The molecule has 0 spiro atoms. The molecule has 2 aromatic rings. The van der Waals surface area contributed by atoms with Gasteiger partial charge in [-0.15, -0.1) is 0 Å². The molecule has 3 nitrogen and oxygen atoms in total. The van der Waals surface area contributed by atoms with E-state index < -0.39 is 11.7 Å². The number of hydrogen-bond donors (Lipinski definition) is 1. The molecule has 7 heteroatoms. The zero-order valence-corrected chi connectivity index (χ0v) is 12.6. The molecular weight excluding hydrogens is 347 g/mol. The lowest BCUT2D eigenvalue weighted by atomic mass is 10.1. The maximum atomic E-state index is 13.3. The van der Waals surface area contributed by atoms with Crippen molar-refractivity contribution in [2.24, 2.45) is 0 Å². The Hall–Kier alpha value is -1.34. The molecule has 1 aromatic heterocycles.